The molecular formula is C23H26ClN3O3S. The van der Waals surface area contributed by atoms with Crippen LogP contribution in [0, 0.1) is 0 Å². The summed E-state index contributed by atoms with van der Waals surface area (Å²) in [5.74, 6) is 0.128. The van der Waals surface area contributed by atoms with Crippen LogP contribution in [-0.4, -0.2) is 46.4 Å². The number of carbonyl (C=O) groups is 1. The summed E-state index contributed by atoms with van der Waals surface area (Å²) in [6, 6.07) is 14.8. The van der Waals surface area contributed by atoms with Gasteiger partial charge in [-0.25, -0.2) is 4.98 Å². The zero-order valence-corrected chi connectivity index (χ0v) is 19.4. The van der Waals surface area contributed by atoms with Gasteiger partial charge in [0.05, 0.1) is 23.3 Å². The summed E-state index contributed by atoms with van der Waals surface area (Å²) < 4.78 is 6.81. The molecule has 1 heterocycles. The Kier molecular flexibility index (Phi) is 8.12. The van der Waals surface area contributed by atoms with E-state index in [0.29, 0.717) is 40.8 Å². The molecule has 2 aromatic carbocycles. The fraction of sp³-hybridized carbons (Fsp3) is 0.348. The van der Waals surface area contributed by atoms with E-state index in [4.69, 9.17) is 16.3 Å². The molecule has 1 aromatic heterocycles. The van der Waals surface area contributed by atoms with Crippen LogP contribution in [0.2, 0.25) is 5.02 Å². The van der Waals surface area contributed by atoms with Crippen molar-refractivity contribution >= 4 is 40.2 Å². The Morgan fingerprint density at radius 1 is 1.23 bits per heavy atom. The van der Waals surface area contributed by atoms with Gasteiger partial charge in [0, 0.05) is 31.3 Å². The van der Waals surface area contributed by atoms with Crippen molar-refractivity contribution in [1.82, 2.24) is 14.5 Å². The molecule has 0 N–H and O–H groups in total. The van der Waals surface area contributed by atoms with Crippen LogP contribution < -0.4 is 5.56 Å². The van der Waals surface area contributed by atoms with E-state index >= 15 is 0 Å². The predicted molar refractivity (Wildman–Crippen MR) is 126 cm³/mol. The molecule has 0 aliphatic heterocycles. The van der Waals surface area contributed by atoms with E-state index in [1.807, 2.05) is 44.2 Å². The van der Waals surface area contributed by atoms with Gasteiger partial charge in [0.15, 0.2) is 5.16 Å². The number of halogens is 1. The Labute approximate surface area is 191 Å². The topological polar surface area (TPSA) is 64.4 Å². The summed E-state index contributed by atoms with van der Waals surface area (Å²) in [5, 5.41) is 1.54. The van der Waals surface area contributed by atoms with Crippen LogP contribution in [0.25, 0.3) is 10.9 Å². The maximum absolute atomic E-state index is 13.0. The fourth-order valence-electron chi connectivity index (χ4n) is 3.22. The highest BCUT2D eigenvalue weighted by Gasteiger charge is 2.19. The average Bonchev–Trinajstić information content (AvgIpc) is 2.75. The Balaban J connectivity index is 1.84. The summed E-state index contributed by atoms with van der Waals surface area (Å²) in [7, 11) is 1.62. The van der Waals surface area contributed by atoms with Crippen molar-refractivity contribution in [3.63, 3.8) is 0 Å². The summed E-state index contributed by atoms with van der Waals surface area (Å²) in [6.45, 7) is 5.30. The lowest BCUT2D eigenvalue weighted by Crippen LogP contribution is -2.35. The number of fused-ring (bicyclic) bond motifs is 1. The number of methoxy groups -OCH3 is 1. The molecule has 0 aliphatic rings. The van der Waals surface area contributed by atoms with Crippen LogP contribution in [-0.2, 0) is 16.1 Å². The molecule has 3 aromatic rings. The highest BCUT2D eigenvalue weighted by molar-refractivity contribution is 7.99. The van der Waals surface area contributed by atoms with E-state index < -0.39 is 0 Å². The van der Waals surface area contributed by atoms with Gasteiger partial charge in [0.2, 0.25) is 5.91 Å². The maximum atomic E-state index is 13.0. The monoisotopic (exact) mass is 459 g/mol. The molecule has 0 saturated heterocycles. The molecule has 0 atom stereocenters. The molecular weight excluding hydrogens is 434 g/mol. The van der Waals surface area contributed by atoms with Crippen molar-refractivity contribution in [2.24, 2.45) is 0 Å². The zero-order chi connectivity index (χ0) is 22.4. The van der Waals surface area contributed by atoms with Crippen LogP contribution in [0.3, 0.4) is 0 Å². The fourth-order valence-corrected chi connectivity index (χ4v) is 4.42. The Morgan fingerprint density at radius 2 is 1.97 bits per heavy atom. The highest BCUT2D eigenvalue weighted by atomic mass is 35.5. The number of hydrogen-bond donors (Lipinski definition) is 0. The molecule has 164 valence electrons. The first-order valence-corrected chi connectivity index (χ1v) is 11.4. The van der Waals surface area contributed by atoms with Gasteiger partial charge in [-0.3, -0.25) is 14.2 Å². The largest absolute Gasteiger partial charge is 0.383 e. The Morgan fingerprint density at radius 3 is 2.65 bits per heavy atom. The standard InChI is InChI=1S/C23H26ClN3O3S/c1-16(2)27-22(29)19-10-9-18(24)13-20(19)25-23(27)31-15-21(28)26(11-12-30-3)14-17-7-5-4-6-8-17/h4-10,13,16H,11-12,14-15H2,1-3H3. The molecule has 0 bridgehead atoms. The lowest BCUT2D eigenvalue weighted by atomic mass is 10.2. The summed E-state index contributed by atoms with van der Waals surface area (Å²) in [5.41, 5.74) is 1.45. The summed E-state index contributed by atoms with van der Waals surface area (Å²) in [4.78, 5) is 32.4. The highest BCUT2D eigenvalue weighted by Crippen LogP contribution is 2.23. The molecule has 0 saturated carbocycles. The summed E-state index contributed by atoms with van der Waals surface area (Å²) in [6.07, 6.45) is 0. The number of thioether (sulfide) groups is 1. The van der Waals surface area contributed by atoms with Crippen LogP contribution >= 0.6 is 23.4 Å². The van der Waals surface area contributed by atoms with Crippen LogP contribution in [0.1, 0.15) is 25.5 Å². The van der Waals surface area contributed by atoms with Crippen LogP contribution in [0.15, 0.2) is 58.5 Å². The maximum Gasteiger partial charge on any atom is 0.262 e. The normalized spacial score (nSPS) is 11.3. The van der Waals surface area contributed by atoms with E-state index in [1.165, 1.54) is 11.8 Å². The van der Waals surface area contributed by atoms with Crippen molar-refractivity contribution in [3.8, 4) is 0 Å². The van der Waals surface area contributed by atoms with Crippen molar-refractivity contribution in [3.05, 3.63) is 69.5 Å². The van der Waals surface area contributed by atoms with E-state index in [0.717, 1.165) is 5.56 Å². The van der Waals surface area contributed by atoms with Crippen molar-refractivity contribution in [2.45, 2.75) is 31.6 Å². The number of nitrogens with zero attached hydrogens (tertiary/aromatic N) is 3. The minimum Gasteiger partial charge on any atom is -0.383 e. The van der Waals surface area contributed by atoms with Gasteiger partial charge in [-0.15, -0.1) is 0 Å². The van der Waals surface area contributed by atoms with E-state index in [2.05, 4.69) is 4.98 Å². The van der Waals surface area contributed by atoms with Gasteiger partial charge in [0.1, 0.15) is 0 Å². The smallest absolute Gasteiger partial charge is 0.262 e. The second-order valence-electron chi connectivity index (χ2n) is 7.41. The van der Waals surface area contributed by atoms with E-state index in [-0.39, 0.29) is 23.3 Å². The Bertz CT molecular complexity index is 1100. The Hall–Kier alpha value is -2.35. The third-order valence-electron chi connectivity index (χ3n) is 4.81. The van der Waals surface area contributed by atoms with Gasteiger partial charge in [-0.1, -0.05) is 53.7 Å². The first kappa shape index (κ1) is 23.3. The third-order valence-corrected chi connectivity index (χ3v) is 5.98. The quantitative estimate of drug-likeness (QED) is 0.350. The summed E-state index contributed by atoms with van der Waals surface area (Å²) >= 11 is 7.36. The number of amides is 1. The molecule has 8 heteroatoms. The molecule has 0 unspecified atom stereocenters. The number of hydrogen-bond acceptors (Lipinski definition) is 5. The molecule has 3 rings (SSSR count). The number of rotatable bonds is 9. The number of ether oxygens (including phenoxy) is 1. The number of benzene rings is 2. The molecule has 0 fully saturated rings. The van der Waals surface area contributed by atoms with Gasteiger partial charge < -0.3 is 9.64 Å². The molecule has 0 aliphatic carbocycles. The molecule has 0 radical (unpaired) electrons. The van der Waals surface area contributed by atoms with Crippen LogP contribution in [0.5, 0.6) is 0 Å². The van der Waals surface area contributed by atoms with Gasteiger partial charge in [-0.2, -0.15) is 0 Å². The third kappa shape index (κ3) is 5.87. The minimum absolute atomic E-state index is 0.0401. The van der Waals surface area contributed by atoms with Crippen molar-refractivity contribution < 1.29 is 9.53 Å². The lowest BCUT2D eigenvalue weighted by molar-refractivity contribution is -0.129. The molecule has 1 amide bonds. The minimum atomic E-state index is -0.132. The van der Waals surface area contributed by atoms with Gasteiger partial charge in [0.25, 0.3) is 5.56 Å². The van der Waals surface area contributed by atoms with E-state index in [9.17, 15) is 9.59 Å². The van der Waals surface area contributed by atoms with E-state index in [1.54, 1.807) is 34.8 Å². The predicted octanol–water partition coefficient (Wildman–Crippen LogP) is 4.40. The first-order valence-electron chi connectivity index (χ1n) is 10.1. The van der Waals surface area contributed by atoms with Crippen molar-refractivity contribution in [2.75, 3.05) is 26.0 Å². The SMILES string of the molecule is COCCN(Cc1ccccc1)C(=O)CSc1nc2cc(Cl)ccc2c(=O)n1C(C)C. The van der Waals surface area contributed by atoms with Crippen molar-refractivity contribution in [1.29, 1.82) is 0 Å². The zero-order valence-electron chi connectivity index (χ0n) is 17.9. The molecule has 0 spiro atoms. The lowest BCUT2D eigenvalue weighted by Gasteiger charge is -2.23. The number of carbonyl (C=O) groups excluding carboxylic acids is 1. The first-order chi connectivity index (χ1) is 14.9. The van der Waals surface area contributed by atoms with Gasteiger partial charge in [-0.05, 0) is 37.6 Å². The van der Waals surface area contributed by atoms with Crippen LogP contribution in [0.4, 0.5) is 0 Å². The average molecular weight is 460 g/mol. The number of aromatic nitrogens is 2. The second kappa shape index (κ2) is 10.8. The van der Waals surface area contributed by atoms with Gasteiger partial charge >= 0.3 is 0 Å². The molecule has 6 nitrogen and oxygen atoms in total. The molecule has 31 heavy (non-hydrogen) atoms. The second-order valence-corrected chi connectivity index (χ2v) is 8.79.